The highest BCUT2D eigenvalue weighted by molar-refractivity contribution is 5.78. The van der Waals surface area contributed by atoms with Crippen LogP contribution in [0.1, 0.15) is 33.1 Å². The van der Waals surface area contributed by atoms with Crippen LogP contribution >= 0.6 is 0 Å². The van der Waals surface area contributed by atoms with Gasteiger partial charge in [-0.1, -0.05) is 6.92 Å². The van der Waals surface area contributed by atoms with Gasteiger partial charge in [-0.3, -0.25) is 10.1 Å². The molecular weight excluding hydrogens is 192 g/mol. The van der Waals surface area contributed by atoms with Crippen LogP contribution in [0.25, 0.3) is 0 Å². The van der Waals surface area contributed by atoms with E-state index in [0.29, 0.717) is 12.5 Å². The summed E-state index contributed by atoms with van der Waals surface area (Å²) in [7, 11) is 2.01. The number of carboxylic acid groups (broad SMARTS) is 1. The minimum atomic E-state index is -0.759. The van der Waals surface area contributed by atoms with Gasteiger partial charge in [0.2, 0.25) is 0 Å². The summed E-state index contributed by atoms with van der Waals surface area (Å²) < 4.78 is 0. The Hall–Kier alpha value is -0.610. The summed E-state index contributed by atoms with van der Waals surface area (Å²) in [4.78, 5) is 13.3. The van der Waals surface area contributed by atoms with Crippen molar-refractivity contribution in [2.45, 2.75) is 44.7 Å². The van der Waals surface area contributed by atoms with Crippen LogP contribution in [-0.4, -0.2) is 47.7 Å². The minimum absolute atomic E-state index is 0.429. The number of carbonyl (C=O) groups is 1. The van der Waals surface area contributed by atoms with Gasteiger partial charge in [0, 0.05) is 12.6 Å². The standard InChI is InChI=1S/C11H22N2O2/c1-4-13(3)8-7-11(2,10(14)15)12-9-5-6-9/h9,12H,4-8H2,1-3H3,(H,14,15). The molecule has 1 fully saturated rings. The van der Waals surface area contributed by atoms with Crippen LogP contribution < -0.4 is 5.32 Å². The highest BCUT2D eigenvalue weighted by Gasteiger charge is 2.38. The average Bonchev–Trinajstić information content (AvgIpc) is 2.97. The number of rotatable bonds is 7. The molecule has 1 saturated carbocycles. The molecule has 0 aromatic heterocycles. The minimum Gasteiger partial charge on any atom is -0.480 e. The molecular formula is C11H22N2O2. The molecule has 1 aliphatic carbocycles. The van der Waals surface area contributed by atoms with Gasteiger partial charge in [-0.25, -0.2) is 0 Å². The highest BCUT2D eigenvalue weighted by Crippen LogP contribution is 2.24. The Balaban J connectivity index is 2.44. The molecule has 0 aromatic rings. The maximum absolute atomic E-state index is 11.2. The van der Waals surface area contributed by atoms with Gasteiger partial charge >= 0.3 is 5.97 Å². The molecule has 0 bridgehead atoms. The molecule has 0 aromatic carbocycles. The van der Waals surface area contributed by atoms with Crippen LogP contribution in [0.4, 0.5) is 0 Å². The SMILES string of the molecule is CCN(C)CCC(C)(NC1CC1)C(=O)O. The molecule has 0 spiro atoms. The van der Waals surface area contributed by atoms with Gasteiger partial charge in [0.1, 0.15) is 5.54 Å². The fourth-order valence-corrected chi connectivity index (χ4v) is 1.49. The molecule has 0 aliphatic heterocycles. The van der Waals surface area contributed by atoms with Crippen molar-refractivity contribution in [1.82, 2.24) is 10.2 Å². The first-order valence-electron chi connectivity index (χ1n) is 5.67. The van der Waals surface area contributed by atoms with E-state index in [4.69, 9.17) is 0 Å². The Morgan fingerprint density at radius 2 is 2.20 bits per heavy atom. The molecule has 88 valence electrons. The second kappa shape index (κ2) is 4.94. The van der Waals surface area contributed by atoms with E-state index in [1.54, 1.807) is 6.92 Å². The molecule has 4 heteroatoms. The van der Waals surface area contributed by atoms with Crippen molar-refractivity contribution in [3.63, 3.8) is 0 Å². The lowest BCUT2D eigenvalue weighted by atomic mass is 9.97. The predicted molar refractivity (Wildman–Crippen MR) is 60.0 cm³/mol. The molecule has 1 rings (SSSR count). The smallest absolute Gasteiger partial charge is 0.323 e. The summed E-state index contributed by atoms with van der Waals surface area (Å²) in [6, 6.07) is 0.429. The molecule has 1 atom stereocenters. The van der Waals surface area contributed by atoms with Crippen molar-refractivity contribution < 1.29 is 9.90 Å². The van der Waals surface area contributed by atoms with Crippen LogP contribution in [0.15, 0.2) is 0 Å². The summed E-state index contributed by atoms with van der Waals surface area (Å²) in [5, 5.41) is 12.4. The quantitative estimate of drug-likeness (QED) is 0.662. The van der Waals surface area contributed by atoms with E-state index in [0.717, 1.165) is 25.9 Å². The lowest BCUT2D eigenvalue weighted by Gasteiger charge is -2.28. The Bertz CT molecular complexity index is 229. The normalized spacial score (nSPS) is 20.3. The first kappa shape index (κ1) is 12.5. The van der Waals surface area contributed by atoms with E-state index in [1.807, 2.05) is 7.05 Å². The van der Waals surface area contributed by atoms with E-state index < -0.39 is 11.5 Å². The zero-order valence-electron chi connectivity index (χ0n) is 9.92. The van der Waals surface area contributed by atoms with Gasteiger partial charge in [-0.15, -0.1) is 0 Å². The maximum atomic E-state index is 11.2. The average molecular weight is 214 g/mol. The van der Waals surface area contributed by atoms with E-state index in [-0.39, 0.29) is 0 Å². The summed E-state index contributed by atoms with van der Waals surface area (Å²) in [5.74, 6) is -0.737. The van der Waals surface area contributed by atoms with Crippen molar-refractivity contribution in [3.05, 3.63) is 0 Å². The number of hydrogen-bond donors (Lipinski definition) is 2. The second-order valence-electron chi connectivity index (χ2n) is 4.70. The van der Waals surface area contributed by atoms with E-state index >= 15 is 0 Å². The number of nitrogens with one attached hydrogen (secondary N) is 1. The van der Waals surface area contributed by atoms with Crippen LogP contribution in [-0.2, 0) is 4.79 Å². The lowest BCUT2D eigenvalue weighted by molar-refractivity contribution is -0.144. The summed E-state index contributed by atoms with van der Waals surface area (Å²) in [5.41, 5.74) is -0.759. The Labute approximate surface area is 91.6 Å². The third kappa shape index (κ3) is 3.80. The van der Waals surface area contributed by atoms with Gasteiger partial charge in [0.15, 0.2) is 0 Å². The second-order valence-corrected chi connectivity index (χ2v) is 4.70. The van der Waals surface area contributed by atoms with Crippen molar-refractivity contribution in [1.29, 1.82) is 0 Å². The molecule has 1 unspecified atom stereocenters. The number of nitrogens with zero attached hydrogens (tertiary/aromatic N) is 1. The van der Waals surface area contributed by atoms with Crippen molar-refractivity contribution in [3.8, 4) is 0 Å². The molecule has 0 radical (unpaired) electrons. The summed E-state index contributed by atoms with van der Waals surface area (Å²) in [6.45, 7) is 5.64. The summed E-state index contributed by atoms with van der Waals surface area (Å²) in [6.07, 6.45) is 2.89. The summed E-state index contributed by atoms with van der Waals surface area (Å²) >= 11 is 0. The molecule has 0 saturated heterocycles. The number of aliphatic carboxylic acids is 1. The molecule has 2 N–H and O–H groups in total. The van der Waals surface area contributed by atoms with Crippen molar-refractivity contribution in [2.75, 3.05) is 20.1 Å². The van der Waals surface area contributed by atoms with Gasteiger partial charge in [0.05, 0.1) is 0 Å². The van der Waals surface area contributed by atoms with Crippen LogP contribution in [0.2, 0.25) is 0 Å². The first-order valence-corrected chi connectivity index (χ1v) is 5.67. The molecule has 1 aliphatic rings. The van der Waals surface area contributed by atoms with Gasteiger partial charge in [-0.05, 0) is 39.8 Å². The molecule has 15 heavy (non-hydrogen) atoms. The topological polar surface area (TPSA) is 52.6 Å². The van der Waals surface area contributed by atoms with Crippen LogP contribution in [0, 0.1) is 0 Å². The molecule has 0 heterocycles. The van der Waals surface area contributed by atoms with Crippen molar-refractivity contribution in [2.24, 2.45) is 0 Å². The Morgan fingerprint density at radius 3 is 2.60 bits per heavy atom. The zero-order valence-corrected chi connectivity index (χ0v) is 9.92. The Kier molecular flexibility index (Phi) is 4.11. The number of carboxylic acids is 1. The molecule has 4 nitrogen and oxygen atoms in total. The zero-order chi connectivity index (χ0) is 11.5. The third-order valence-electron chi connectivity index (χ3n) is 3.11. The fourth-order valence-electron chi connectivity index (χ4n) is 1.49. The van der Waals surface area contributed by atoms with Gasteiger partial charge in [-0.2, -0.15) is 0 Å². The fraction of sp³-hybridized carbons (Fsp3) is 0.909. The van der Waals surface area contributed by atoms with E-state index in [1.165, 1.54) is 0 Å². The van der Waals surface area contributed by atoms with Gasteiger partial charge in [0.25, 0.3) is 0 Å². The highest BCUT2D eigenvalue weighted by atomic mass is 16.4. The Morgan fingerprint density at radius 1 is 1.60 bits per heavy atom. The lowest BCUT2D eigenvalue weighted by Crippen LogP contribution is -2.52. The number of hydrogen-bond acceptors (Lipinski definition) is 3. The largest absolute Gasteiger partial charge is 0.480 e. The first-order chi connectivity index (χ1) is 6.98. The monoisotopic (exact) mass is 214 g/mol. The predicted octanol–water partition coefficient (Wildman–Crippen LogP) is 0.923. The van der Waals surface area contributed by atoms with E-state index in [9.17, 15) is 9.90 Å². The maximum Gasteiger partial charge on any atom is 0.323 e. The van der Waals surface area contributed by atoms with Crippen molar-refractivity contribution >= 4 is 5.97 Å². The third-order valence-corrected chi connectivity index (χ3v) is 3.11. The molecule has 0 amide bonds. The van der Waals surface area contributed by atoms with E-state index in [2.05, 4.69) is 17.1 Å². The van der Waals surface area contributed by atoms with Crippen LogP contribution in [0.5, 0.6) is 0 Å². The van der Waals surface area contributed by atoms with Gasteiger partial charge < -0.3 is 10.0 Å². The van der Waals surface area contributed by atoms with Crippen LogP contribution in [0.3, 0.4) is 0 Å².